The fourth-order valence-corrected chi connectivity index (χ4v) is 3.75. The van der Waals surface area contributed by atoms with Crippen LogP contribution in [-0.4, -0.2) is 66.6 Å². The van der Waals surface area contributed by atoms with Gasteiger partial charge in [0.2, 0.25) is 12.4 Å². The molecule has 1 heterocycles. The van der Waals surface area contributed by atoms with Crippen molar-refractivity contribution in [2.45, 2.75) is 57.0 Å². The largest absolute Gasteiger partial charge is 0.497 e. The number of esters is 2. The topological polar surface area (TPSA) is 170 Å². The molecule has 3 rings (SSSR count). The molecule has 5 atom stereocenters. The molecule has 0 aromatic heterocycles. The van der Waals surface area contributed by atoms with Crippen LogP contribution < -0.4 is 9.47 Å². The number of aliphatic hydroxyl groups is 2. The smallest absolute Gasteiger partial charge is 0.338 e. The Labute approximate surface area is 213 Å². The van der Waals surface area contributed by atoms with E-state index in [0.717, 1.165) is 0 Å². The van der Waals surface area contributed by atoms with Crippen LogP contribution in [0.15, 0.2) is 53.6 Å². The van der Waals surface area contributed by atoms with Crippen LogP contribution in [-0.2, 0) is 25.5 Å². The molecule has 2 aromatic rings. The highest BCUT2D eigenvalue weighted by atomic mass is 16.7. The predicted octanol–water partition coefficient (Wildman–Crippen LogP) is 2.90. The van der Waals surface area contributed by atoms with E-state index in [1.54, 1.807) is 49.4 Å². The summed E-state index contributed by atoms with van der Waals surface area (Å²) in [6, 6.07) is 12.8. The fourth-order valence-electron chi connectivity index (χ4n) is 3.75. The van der Waals surface area contributed by atoms with E-state index in [1.165, 1.54) is 13.2 Å². The summed E-state index contributed by atoms with van der Waals surface area (Å²) < 4.78 is 28.0. The fraction of sp³-hybridized carbons (Fsp3) is 0.440. The molecule has 0 saturated carbocycles. The molecule has 0 unspecified atom stereocenters. The second kappa shape index (κ2) is 13.5. The van der Waals surface area contributed by atoms with Gasteiger partial charge in [-0.3, -0.25) is 4.79 Å². The molecule has 0 amide bonds. The Hall–Kier alpha value is -3.83. The summed E-state index contributed by atoms with van der Waals surface area (Å²) in [7, 11) is 1.51. The van der Waals surface area contributed by atoms with Crippen molar-refractivity contribution >= 4 is 11.9 Å². The summed E-state index contributed by atoms with van der Waals surface area (Å²) in [6.45, 7) is 1.06. The van der Waals surface area contributed by atoms with Crippen LogP contribution in [0.4, 0.5) is 0 Å². The molecule has 12 nitrogen and oxygen atoms in total. The molecular weight excluding hydrogens is 486 g/mol. The van der Waals surface area contributed by atoms with Crippen LogP contribution in [0.5, 0.6) is 11.5 Å². The molecule has 1 saturated heterocycles. The summed E-state index contributed by atoms with van der Waals surface area (Å²) in [6.07, 6.45) is -6.33. The number of aliphatic hydroxyl groups excluding tert-OH is 2. The van der Waals surface area contributed by atoms with Gasteiger partial charge in [-0.1, -0.05) is 30.2 Å². The van der Waals surface area contributed by atoms with Gasteiger partial charge in [0.1, 0.15) is 23.7 Å². The quantitative estimate of drug-likeness (QED) is 0.198. The molecule has 2 N–H and O–H groups in total. The maximum atomic E-state index is 13.2. The number of nitrogens with zero attached hydrogens (tertiary/aromatic N) is 3. The zero-order valence-electron chi connectivity index (χ0n) is 20.4. The highest BCUT2D eigenvalue weighted by Crippen LogP contribution is 2.30. The Morgan fingerprint density at radius 1 is 1.08 bits per heavy atom. The maximum Gasteiger partial charge on any atom is 0.338 e. The molecule has 12 heteroatoms. The lowest BCUT2D eigenvalue weighted by Gasteiger charge is -2.42. The molecule has 0 aliphatic carbocycles. The standard InChI is InChI=1S/C25H29N3O9/c1-3-6-20(30)36-23-22(37-24(32)18-8-5-4-7-15(18)13-27-28-26)21(31)19(14-29)35-25(23)34-17-11-9-16(33-2)10-12-17/h4-5,7-12,19,21-23,25,29,31H,3,6,13-14H2,1-2H3/t19-,21-,22+,23-,25-/m1/s1. The number of hydrogen-bond acceptors (Lipinski definition) is 10. The van der Waals surface area contributed by atoms with Crippen LogP contribution in [0.3, 0.4) is 0 Å². The van der Waals surface area contributed by atoms with E-state index < -0.39 is 49.3 Å². The monoisotopic (exact) mass is 515 g/mol. The van der Waals surface area contributed by atoms with Gasteiger partial charge in [0.05, 0.1) is 25.8 Å². The number of carbonyl (C=O) groups is 2. The minimum Gasteiger partial charge on any atom is -0.497 e. The van der Waals surface area contributed by atoms with Gasteiger partial charge in [-0.15, -0.1) is 0 Å². The first-order valence-corrected chi connectivity index (χ1v) is 11.7. The second-order valence-corrected chi connectivity index (χ2v) is 8.13. The van der Waals surface area contributed by atoms with Crippen molar-refractivity contribution in [1.82, 2.24) is 0 Å². The molecule has 1 aliphatic rings. The molecule has 0 spiro atoms. The van der Waals surface area contributed by atoms with Gasteiger partial charge in [0, 0.05) is 11.3 Å². The van der Waals surface area contributed by atoms with Crippen molar-refractivity contribution in [3.8, 4) is 11.5 Å². The zero-order chi connectivity index (χ0) is 26.8. The Kier molecular flexibility index (Phi) is 10.1. The number of methoxy groups -OCH3 is 1. The molecule has 37 heavy (non-hydrogen) atoms. The Morgan fingerprint density at radius 3 is 2.43 bits per heavy atom. The molecular formula is C25H29N3O9. The minimum absolute atomic E-state index is 0.0704. The van der Waals surface area contributed by atoms with Gasteiger partial charge in [-0.2, -0.15) is 0 Å². The van der Waals surface area contributed by atoms with Crippen LogP contribution in [0.25, 0.3) is 10.4 Å². The average Bonchev–Trinajstić information content (AvgIpc) is 2.91. The lowest BCUT2D eigenvalue weighted by Crippen LogP contribution is -2.62. The first-order chi connectivity index (χ1) is 17.9. The third-order valence-corrected chi connectivity index (χ3v) is 5.62. The lowest BCUT2D eigenvalue weighted by atomic mass is 9.98. The third-order valence-electron chi connectivity index (χ3n) is 5.62. The maximum absolute atomic E-state index is 13.2. The summed E-state index contributed by atoms with van der Waals surface area (Å²) >= 11 is 0. The van der Waals surface area contributed by atoms with Crippen molar-refractivity contribution in [3.05, 3.63) is 70.1 Å². The van der Waals surface area contributed by atoms with Crippen LogP contribution in [0.2, 0.25) is 0 Å². The van der Waals surface area contributed by atoms with E-state index in [0.29, 0.717) is 23.5 Å². The molecule has 2 aromatic carbocycles. The van der Waals surface area contributed by atoms with Crippen molar-refractivity contribution < 1.29 is 43.5 Å². The second-order valence-electron chi connectivity index (χ2n) is 8.13. The average molecular weight is 516 g/mol. The van der Waals surface area contributed by atoms with E-state index in [2.05, 4.69) is 10.0 Å². The number of ether oxygens (including phenoxy) is 5. The van der Waals surface area contributed by atoms with Gasteiger partial charge in [-0.05, 0) is 47.8 Å². The number of azide groups is 1. The van der Waals surface area contributed by atoms with E-state index in [-0.39, 0.29) is 18.5 Å². The number of benzene rings is 2. The summed E-state index contributed by atoms with van der Waals surface area (Å²) in [4.78, 5) is 28.3. The summed E-state index contributed by atoms with van der Waals surface area (Å²) in [5, 5.41) is 24.2. The Balaban J connectivity index is 1.93. The minimum atomic E-state index is -1.55. The zero-order valence-corrected chi connectivity index (χ0v) is 20.4. The summed E-state index contributed by atoms with van der Waals surface area (Å²) in [5.41, 5.74) is 9.15. The molecule has 198 valence electrons. The summed E-state index contributed by atoms with van der Waals surface area (Å²) in [5.74, 6) is -0.567. The highest BCUT2D eigenvalue weighted by molar-refractivity contribution is 5.91. The molecule has 1 aliphatic heterocycles. The highest BCUT2D eigenvalue weighted by Gasteiger charge is 2.51. The van der Waals surface area contributed by atoms with Crippen molar-refractivity contribution in [3.63, 3.8) is 0 Å². The van der Waals surface area contributed by atoms with Crippen LogP contribution >= 0.6 is 0 Å². The number of carbonyl (C=O) groups excluding carboxylic acids is 2. The van der Waals surface area contributed by atoms with Crippen molar-refractivity contribution in [2.24, 2.45) is 5.11 Å². The van der Waals surface area contributed by atoms with Gasteiger partial charge < -0.3 is 33.9 Å². The van der Waals surface area contributed by atoms with Crippen LogP contribution in [0.1, 0.15) is 35.7 Å². The SMILES string of the molecule is CCCC(=O)O[C@H]1[C@H](Oc2ccc(OC)cc2)O[C@H](CO)[C@@H](O)[C@@H]1OC(=O)c1ccccc1CN=[N+]=[N-]. The van der Waals surface area contributed by atoms with E-state index in [9.17, 15) is 19.8 Å². The van der Waals surface area contributed by atoms with Crippen molar-refractivity contribution in [1.29, 1.82) is 0 Å². The Bertz CT molecular complexity index is 1100. The van der Waals surface area contributed by atoms with Gasteiger partial charge in [0.25, 0.3) is 0 Å². The molecule has 1 fully saturated rings. The van der Waals surface area contributed by atoms with E-state index in [4.69, 9.17) is 29.2 Å². The number of rotatable bonds is 11. The lowest BCUT2D eigenvalue weighted by molar-refractivity contribution is -0.281. The predicted molar refractivity (Wildman–Crippen MR) is 129 cm³/mol. The van der Waals surface area contributed by atoms with E-state index >= 15 is 0 Å². The Morgan fingerprint density at radius 2 is 1.78 bits per heavy atom. The van der Waals surface area contributed by atoms with Gasteiger partial charge >= 0.3 is 11.9 Å². The van der Waals surface area contributed by atoms with Gasteiger partial charge in [0.15, 0.2) is 6.10 Å². The molecule has 0 radical (unpaired) electrons. The van der Waals surface area contributed by atoms with Gasteiger partial charge in [-0.25, -0.2) is 4.79 Å². The van der Waals surface area contributed by atoms with Crippen LogP contribution in [0, 0.1) is 0 Å². The molecule has 0 bridgehead atoms. The first kappa shape index (κ1) is 27.8. The van der Waals surface area contributed by atoms with Crippen molar-refractivity contribution in [2.75, 3.05) is 13.7 Å². The number of hydrogen-bond donors (Lipinski definition) is 2. The third kappa shape index (κ3) is 7.11. The normalized spacial score (nSPS) is 22.9. The van der Waals surface area contributed by atoms with E-state index in [1.807, 2.05) is 0 Å². The first-order valence-electron chi connectivity index (χ1n) is 11.7.